The lowest BCUT2D eigenvalue weighted by Gasteiger charge is -2.10. The van der Waals surface area contributed by atoms with Crippen molar-refractivity contribution in [2.24, 2.45) is 5.92 Å². The number of benzene rings is 1. The van der Waals surface area contributed by atoms with Crippen LogP contribution in [0.25, 0.3) is 0 Å². The molecular formula is C15H19NO2. The van der Waals surface area contributed by atoms with Gasteiger partial charge in [0.2, 0.25) is 5.91 Å². The van der Waals surface area contributed by atoms with Gasteiger partial charge in [0, 0.05) is 19.1 Å². The molecule has 0 spiro atoms. The van der Waals surface area contributed by atoms with E-state index in [1.54, 1.807) is 0 Å². The molecule has 1 N–H and O–H groups in total. The summed E-state index contributed by atoms with van der Waals surface area (Å²) in [5, 5.41) is 3.02. The molecule has 96 valence electrons. The largest absolute Gasteiger partial charge is 0.376 e. The second kappa shape index (κ2) is 5.11. The fourth-order valence-corrected chi connectivity index (χ4v) is 2.70. The van der Waals surface area contributed by atoms with Crippen molar-refractivity contribution in [2.75, 3.05) is 13.2 Å². The van der Waals surface area contributed by atoms with Crippen LogP contribution in [0.3, 0.4) is 0 Å². The summed E-state index contributed by atoms with van der Waals surface area (Å²) in [6.07, 6.45) is 3.42. The molecule has 0 unspecified atom stereocenters. The van der Waals surface area contributed by atoms with Gasteiger partial charge in [0.15, 0.2) is 0 Å². The van der Waals surface area contributed by atoms with Crippen molar-refractivity contribution in [3.8, 4) is 0 Å². The molecule has 1 saturated carbocycles. The van der Waals surface area contributed by atoms with Crippen molar-refractivity contribution in [3.05, 3.63) is 35.9 Å². The Bertz CT molecular complexity index is 412. The Morgan fingerprint density at radius 1 is 1.33 bits per heavy atom. The summed E-state index contributed by atoms with van der Waals surface area (Å²) in [7, 11) is 0. The predicted molar refractivity (Wildman–Crippen MR) is 69.3 cm³/mol. The molecule has 3 nitrogen and oxygen atoms in total. The van der Waals surface area contributed by atoms with E-state index in [0.717, 1.165) is 25.9 Å². The van der Waals surface area contributed by atoms with Crippen molar-refractivity contribution >= 4 is 5.91 Å². The van der Waals surface area contributed by atoms with Crippen molar-refractivity contribution in [2.45, 2.75) is 31.3 Å². The molecule has 2 aliphatic rings. The molecule has 1 aromatic carbocycles. The Balaban J connectivity index is 1.47. The maximum absolute atomic E-state index is 12.0. The van der Waals surface area contributed by atoms with Crippen LogP contribution in [0.2, 0.25) is 0 Å². The first kappa shape index (κ1) is 11.7. The van der Waals surface area contributed by atoms with Gasteiger partial charge in [0.05, 0.1) is 6.10 Å². The number of amides is 1. The topological polar surface area (TPSA) is 38.3 Å². The van der Waals surface area contributed by atoms with Gasteiger partial charge in [-0.3, -0.25) is 4.79 Å². The van der Waals surface area contributed by atoms with Crippen LogP contribution >= 0.6 is 0 Å². The highest BCUT2D eigenvalue weighted by molar-refractivity contribution is 5.82. The Labute approximate surface area is 108 Å². The fraction of sp³-hybridized carbons (Fsp3) is 0.533. The lowest BCUT2D eigenvalue weighted by atomic mass is 10.1. The van der Waals surface area contributed by atoms with E-state index >= 15 is 0 Å². The summed E-state index contributed by atoms with van der Waals surface area (Å²) in [6, 6.07) is 10.3. The molecule has 2 fully saturated rings. The first-order chi connectivity index (χ1) is 8.84. The van der Waals surface area contributed by atoms with E-state index in [1.165, 1.54) is 5.56 Å². The maximum Gasteiger partial charge on any atom is 0.223 e. The standard InChI is InChI=1S/C15H19NO2/c17-15(16-10-12-7-4-8-18-12)14-9-13(14)11-5-2-1-3-6-11/h1-3,5-6,12-14H,4,7-10H2,(H,16,17)/t12-,13-,14-/m0/s1. The van der Waals surface area contributed by atoms with Crippen molar-refractivity contribution in [1.29, 1.82) is 0 Å². The second-order valence-electron chi connectivity index (χ2n) is 5.24. The van der Waals surface area contributed by atoms with Crippen molar-refractivity contribution in [1.82, 2.24) is 5.32 Å². The zero-order chi connectivity index (χ0) is 12.4. The first-order valence-corrected chi connectivity index (χ1v) is 6.79. The Morgan fingerprint density at radius 3 is 2.89 bits per heavy atom. The quantitative estimate of drug-likeness (QED) is 0.882. The van der Waals surface area contributed by atoms with E-state index in [2.05, 4.69) is 17.4 Å². The molecule has 1 aromatic rings. The highest BCUT2D eigenvalue weighted by Crippen LogP contribution is 2.47. The Morgan fingerprint density at radius 2 is 2.17 bits per heavy atom. The monoisotopic (exact) mass is 245 g/mol. The van der Waals surface area contributed by atoms with Crippen LogP contribution in [-0.2, 0) is 9.53 Å². The molecule has 0 radical (unpaired) electrons. The number of rotatable bonds is 4. The SMILES string of the molecule is O=C(NC[C@@H]1CCCO1)[C@H]1C[C@H]1c1ccccc1. The molecule has 3 rings (SSSR count). The smallest absolute Gasteiger partial charge is 0.223 e. The Kier molecular flexibility index (Phi) is 3.33. The molecule has 1 saturated heterocycles. The maximum atomic E-state index is 12.0. The predicted octanol–water partition coefficient (Wildman–Crippen LogP) is 2.09. The first-order valence-electron chi connectivity index (χ1n) is 6.79. The van der Waals surface area contributed by atoms with Gasteiger partial charge in [-0.2, -0.15) is 0 Å². The molecule has 18 heavy (non-hydrogen) atoms. The van der Waals surface area contributed by atoms with Crippen LogP contribution < -0.4 is 5.32 Å². The minimum atomic E-state index is 0.175. The third-order valence-electron chi connectivity index (χ3n) is 3.88. The molecular weight excluding hydrogens is 226 g/mol. The van der Waals surface area contributed by atoms with Gasteiger partial charge < -0.3 is 10.1 Å². The molecule has 0 aromatic heterocycles. The lowest BCUT2D eigenvalue weighted by Crippen LogP contribution is -2.33. The summed E-state index contributed by atoms with van der Waals surface area (Å²) in [5.41, 5.74) is 1.29. The van der Waals surface area contributed by atoms with Crippen molar-refractivity contribution < 1.29 is 9.53 Å². The van der Waals surface area contributed by atoms with Gasteiger partial charge in [-0.15, -0.1) is 0 Å². The van der Waals surface area contributed by atoms with Gasteiger partial charge in [-0.05, 0) is 30.7 Å². The molecule has 1 heterocycles. The third kappa shape index (κ3) is 2.56. The van der Waals surface area contributed by atoms with Gasteiger partial charge in [0.1, 0.15) is 0 Å². The number of hydrogen-bond acceptors (Lipinski definition) is 2. The summed E-state index contributed by atoms with van der Waals surface area (Å²) >= 11 is 0. The molecule has 1 amide bonds. The van der Waals surface area contributed by atoms with E-state index in [0.29, 0.717) is 12.5 Å². The normalized spacial score (nSPS) is 30.1. The summed E-state index contributed by atoms with van der Waals surface area (Å²) in [5.74, 6) is 0.795. The lowest BCUT2D eigenvalue weighted by molar-refractivity contribution is -0.122. The molecule has 3 atom stereocenters. The summed E-state index contributed by atoms with van der Waals surface area (Å²) < 4.78 is 5.50. The number of nitrogens with one attached hydrogen (secondary N) is 1. The zero-order valence-corrected chi connectivity index (χ0v) is 10.5. The number of ether oxygens (including phenoxy) is 1. The molecule has 1 aliphatic carbocycles. The van der Waals surface area contributed by atoms with E-state index in [9.17, 15) is 4.79 Å². The Hall–Kier alpha value is -1.35. The van der Waals surface area contributed by atoms with Gasteiger partial charge in [0.25, 0.3) is 0 Å². The highest BCUT2D eigenvalue weighted by atomic mass is 16.5. The average molecular weight is 245 g/mol. The van der Waals surface area contributed by atoms with E-state index in [1.807, 2.05) is 18.2 Å². The van der Waals surface area contributed by atoms with Crippen molar-refractivity contribution in [3.63, 3.8) is 0 Å². The molecule has 0 bridgehead atoms. The van der Waals surface area contributed by atoms with Crippen LogP contribution in [0.15, 0.2) is 30.3 Å². The van der Waals surface area contributed by atoms with Crippen LogP contribution in [0.4, 0.5) is 0 Å². The molecule has 3 heteroatoms. The molecule has 1 aliphatic heterocycles. The summed E-state index contributed by atoms with van der Waals surface area (Å²) in [6.45, 7) is 1.52. The zero-order valence-electron chi connectivity index (χ0n) is 10.5. The van der Waals surface area contributed by atoms with Gasteiger partial charge >= 0.3 is 0 Å². The van der Waals surface area contributed by atoms with Crippen LogP contribution in [0.5, 0.6) is 0 Å². The average Bonchev–Trinajstić information content (AvgIpc) is 3.05. The number of carbonyl (C=O) groups is 1. The van der Waals surface area contributed by atoms with E-state index < -0.39 is 0 Å². The number of carbonyl (C=O) groups excluding carboxylic acids is 1. The highest BCUT2D eigenvalue weighted by Gasteiger charge is 2.43. The second-order valence-corrected chi connectivity index (χ2v) is 5.24. The number of hydrogen-bond donors (Lipinski definition) is 1. The van der Waals surface area contributed by atoms with E-state index in [-0.39, 0.29) is 17.9 Å². The fourth-order valence-electron chi connectivity index (χ4n) is 2.70. The summed E-state index contributed by atoms with van der Waals surface area (Å²) in [4.78, 5) is 12.0. The van der Waals surface area contributed by atoms with Gasteiger partial charge in [-0.1, -0.05) is 30.3 Å². The van der Waals surface area contributed by atoms with Crippen LogP contribution in [0, 0.1) is 5.92 Å². The minimum Gasteiger partial charge on any atom is -0.376 e. The third-order valence-corrected chi connectivity index (χ3v) is 3.88. The van der Waals surface area contributed by atoms with Crippen LogP contribution in [-0.4, -0.2) is 25.2 Å². The van der Waals surface area contributed by atoms with Gasteiger partial charge in [-0.25, -0.2) is 0 Å². The minimum absolute atomic E-state index is 0.175. The van der Waals surface area contributed by atoms with E-state index in [4.69, 9.17) is 4.74 Å². The van der Waals surface area contributed by atoms with Crippen LogP contribution in [0.1, 0.15) is 30.7 Å².